The van der Waals surface area contributed by atoms with E-state index in [1.165, 1.54) is 0 Å². The Balaban J connectivity index is 2.52. The van der Waals surface area contributed by atoms with Gasteiger partial charge >= 0.3 is 0 Å². The fourth-order valence-corrected chi connectivity index (χ4v) is 1.68. The van der Waals surface area contributed by atoms with E-state index in [1.54, 1.807) is 30.3 Å². The van der Waals surface area contributed by atoms with E-state index in [0.717, 1.165) is 10.8 Å². The maximum absolute atomic E-state index is 10.3. The Morgan fingerprint density at radius 2 is 2.07 bits per heavy atom. The van der Waals surface area contributed by atoms with Gasteiger partial charge in [0.2, 0.25) is 0 Å². The Morgan fingerprint density at radius 3 is 2.80 bits per heavy atom. The highest BCUT2D eigenvalue weighted by Crippen LogP contribution is 2.25. The molecule has 15 heavy (non-hydrogen) atoms. The van der Waals surface area contributed by atoms with Crippen molar-refractivity contribution in [1.29, 1.82) is 0 Å². The van der Waals surface area contributed by atoms with E-state index in [4.69, 9.17) is 5.73 Å². The lowest BCUT2D eigenvalue weighted by atomic mass is 10.1. The normalized spacial score (nSPS) is 12.6. The first-order valence-corrected chi connectivity index (χ1v) is 5.22. The molecule has 1 atom stereocenters. The minimum atomic E-state index is -2.55. The molecule has 0 radical (unpaired) electrons. The molecule has 0 saturated heterocycles. The van der Waals surface area contributed by atoms with E-state index in [-0.39, 0.29) is 5.75 Å². The summed E-state index contributed by atoms with van der Waals surface area (Å²) in [6, 6.07) is 10.3. The van der Waals surface area contributed by atoms with Crippen molar-refractivity contribution >= 4 is 27.8 Å². The largest absolute Gasteiger partial charge is 0.740 e. The minimum Gasteiger partial charge on any atom is -0.740 e. The third-order valence-corrected chi connectivity index (χ3v) is 2.38. The van der Waals surface area contributed by atoms with Crippen LogP contribution in [0.4, 0.5) is 5.69 Å². The second kappa shape index (κ2) is 3.88. The van der Waals surface area contributed by atoms with Gasteiger partial charge in [0.25, 0.3) is 0 Å². The molecule has 0 saturated carbocycles. The number of nitrogen functional groups attached to an aromatic ring is 1. The number of rotatable bonds is 2. The predicted octanol–water partition coefficient (Wildman–Crippen LogP) is 1.59. The molecule has 0 aliphatic heterocycles. The van der Waals surface area contributed by atoms with E-state index in [1.807, 2.05) is 6.07 Å². The third-order valence-electron chi connectivity index (χ3n) is 2.05. The summed E-state index contributed by atoms with van der Waals surface area (Å²) in [5, 5.41) is 1.72. The molecule has 0 spiro atoms. The van der Waals surface area contributed by atoms with E-state index < -0.39 is 11.4 Å². The Labute approximate surface area is 89.2 Å². The van der Waals surface area contributed by atoms with Gasteiger partial charge in [-0.15, -0.1) is 0 Å². The van der Waals surface area contributed by atoms with E-state index >= 15 is 0 Å². The lowest BCUT2D eigenvalue weighted by Crippen LogP contribution is -1.97. The molecule has 0 heterocycles. The van der Waals surface area contributed by atoms with Crippen LogP contribution in [-0.2, 0) is 11.4 Å². The summed E-state index contributed by atoms with van der Waals surface area (Å²) in [6.45, 7) is 0. The lowest BCUT2D eigenvalue weighted by molar-refractivity contribution is 0.440. The van der Waals surface area contributed by atoms with Crippen LogP contribution >= 0.6 is 0 Å². The molecule has 2 aromatic rings. The first-order valence-electron chi connectivity index (χ1n) is 4.22. The zero-order valence-electron chi connectivity index (χ0n) is 7.67. The molecule has 0 aromatic heterocycles. The van der Waals surface area contributed by atoms with Gasteiger partial charge < -0.3 is 14.5 Å². The maximum atomic E-state index is 10.3. The average Bonchev–Trinajstić information content (AvgIpc) is 2.17. The van der Waals surface area contributed by atoms with Crippen LogP contribution in [0.5, 0.6) is 5.75 Å². The molecule has 2 rings (SSSR count). The molecule has 0 amide bonds. The Morgan fingerprint density at radius 1 is 1.27 bits per heavy atom. The second-order valence-electron chi connectivity index (χ2n) is 3.02. The van der Waals surface area contributed by atoms with Gasteiger partial charge in [-0.3, -0.25) is 0 Å². The molecule has 0 fully saturated rings. The number of hydrogen-bond donors (Lipinski definition) is 1. The topological polar surface area (TPSA) is 75.4 Å². The average molecular weight is 222 g/mol. The number of hydrogen-bond acceptors (Lipinski definition) is 4. The molecule has 0 aliphatic rings. The zero-order valence-corrected chi connectivity index (χ0v) is 8.49. The van der Waals surface area contributed by atoms with E-state index in [9.17, 15) is 8.76 Å². The van der Waals surface area contributed by atoms with Crippen molar-refractivity contribution in [2.75, 3.05) is 5.73 Å². The summed E-state index contributed by atoms with van der Waals surface area (Å²) in [4.78, 5) is 0. The van der Waals surface area contributed by atoms with Crippen LogP contribution in [-0.4, -0.2) is 8.76 Å². The van der Waals surface area contributed by atoms with Crippen LogP contribution in [0.3, 0.4) is 0 Å². The summed E-state index contributed by atoms with van der Waals surface area (Å²) in [7, 11) is 0. The molecular formula is C10H8NO3S-. The molecular weight excluding hydrogens is 214 g/mol. The molecule has 5 heteroatoms. The summed E-state index contributed by atoms with van der Waals surface area (Å²) in [5.74, 6) is 0.279. The van der Waals surface area contributed by atoms with Crippen LogP contribution in [0.15, 0.2) is 36.4 Å². The highest BCUT2D eigenvalue weighted by Gasteiger charge is 1.99. The van der Waals surface area contributed by atoms with Crippen molar-refractivity contribution in [1.82, 2.24) is 0 Å². The Hall–Kier alpha value is -1.59. The van der Waals surface area contributed by atoms with E-state index in [2.05, 4.69) is 4.18 Å². The Bertz CT molecular complexity index is 527. The minimum absolute atomic E-state index is 0.279. The molecule has 1 unspecified atom stereocenters. The van der Waals surface area contributed by atoms with Gasteiger partial charge in [-0.1, -0.05) is 12.1 Å². The van der Waals surface area contributed by atoms with Crippen molar-refractivity contribution in [2.45, 2.75) is 0 Å². The number of anilines is 1. The maximum Gasteiger partial charge on any atom is 0.139 e. The quantitative estimate of drug-likeness (QED) is 0.618. The Kier molecular flexibility index (Phi) is 2.57. The molecule has 2 aromatic carbocycles. The molecule has 0 aliphatic carbocycles. The van der Waals surface area contributed by atoms with Gasteiger partial charge in [0, 0.05) is 11.1 Å². The van der Waals surface area contributed by atoms with E-state index in [0.29, 0.717) is 5.69 Å². The van der Waals surface area contributed by atoms with Crippen molar-refractivity contribution in [3.63, 3.8) is 0 Å². The fraction of sp³-hybridized carbons (Fsp3) is 0. The van der Waals surface area contributed by atoms with Crippen molar-refractivity contribution in [3.05, 3.63) is 36.4 Å². The standard InChI is InChI=1S/C10H9NO3S/c11-10-3-1-2-7-6-8(14-15(12)13)4-5-9(7)10/h1-6H,11H2,(H,12,13)/p-1. The number of fused-ring (bicyclic) bond motifs is 1. The van der Waals surface area contributed by atoms with Crippen molar-refractivity contribution in [3.8, 4) is 5.75 Å². The summed E-state index contributed by atoms with van der Waals surface area (Å²) in [5.41, 5.74) is 6.40. The van der Waals surface area contributed by atoms with Gasteiger partial charge in [0.1, 0.15) is 17.1 Å². The van der Waals surface area contributed by atoms with Gasteiger partial charge in [-0.2, -0.15) is 0 Å². The zero-order chi connectivity index (χ0) is 10.8. The van der Waals surface area contributed by atoms with Gasteiger partial charge in [0.05, 0.1) is 0 Å². The molecule has 78 valence electrons. The predicted molar refractivity (Wildman–Crippen MR) is 57.9 cm³/mol. The second-order valence-corrected chi connectivity index (χ2v) is 3.59. The van der Waals surface area contributed by atoms with Crippen LogP contribution in [0.25, 0.3) is 10.8 Å². The molecule has 2 N–H and O–H groups in total. The summed E-state index contributed by atoms with van der Waals surface area (Å²) < 4.78 is 25.2. The smallest absolute Gasteiger partial charge is 0.139 e. The fourth-order valence-electron chi connectivity index (χ4n) is 1.42. The SMILES string of the molecule is Nc1cccc2cc(OS(=O)[O-])ccc12. The highest BCUT2D eigenvalue weighted by molar-refractivity contribution is 7.74. The molecule has 4 nitrogen and oxygen atoms in total. The van der Waals surface area contributed by atoms with Gasteiger partial charge in [-0.25, -0.2) is 4.21 Å². The van der Waals surface area contributed by atoms with Crippen molar-refractivity contribution in [2.24, 2.45) is 0 Å². The van der Waals surface area contributed by atoms with Crippen LogP contribution in [0, 0.1) is 0 Å². The third kappa shape index (κ3) is 2.08. The number of nitrogens with two attached hydrogens (primary N) is 1. The lowest BCUT2D eigenvalue weighted by Gasteiger charge is -2.08. The first kappa shape index (κ1) is 9.95. The summed E-state index contributed by atoms with van der Waals surface area (Å²) >= 11 is -2.55. The first-order chi connectivity index (χ1) is 7.16. The number of benzene rings is 2. The van der Waals surface area contributed by atoms with Crippen molar-refractivity contribution < 1.29 is 12.9 Å². The van der Waals surface area contributed by atoms with Gasteiger partial charge in [-0.05, 0) is 29.7 Å². The van der Waals surface area contributed by atoms with Gasteiger partial charge in [0.15, 0.2) is 0 Å². The summed E-state index contributed by atoms with van der Waals surface area (Å²) in [6.07, 6.45) is 0. The van der Waals surface area contributed by atoms with Crippen LogP contribution in [0.2, 0.25) is 0 Å². The van der Waals surface area contributed by atoms with Crippen LogP contribution < -0.4 is 9.92 Å². The highest BCUT2D eigenvalue weighted by atomic mass is 32.2. The molecule has 0 bridgehead atoms. The monoisotopic (exact) mass is 222 g/mol. The van der Waals surface area contributed by atoms with Crippen LogP contribution in [0.1, 0.15) is 0 Å².